The second-order valence-corrected chi connectivity index (χ2v) is 6.07. The van der Waals surface area contributed by atoms with E-state index in [9.17, 15) is 9.59 Å². The van der Waals surface area contributed by atoms with E-state index < -0.39 is 5.97 Å². The molecule has 2 aromatic rings. The minimum absolute atomic E-state index is 0.0789. The molecule has 0 radical (unpaired) electrons. The Balaban J connectivity index is 2.15. The van der Waals surface area contributed by atoms with E-state index in [1.807, 2.05) is 30.3 Å². The first-order chi connectivity index (χ1) is 11.2. The standard InChI is InChI=1S/C19H20O3S/c1-3-7-14-10-12-15(13-11-14)19(21)23-17-9-6-5-8-16(17)18(20)22-4-2/h5-6,8-13H,3-4,7H2,1-2H3. The summed E-state index contributed by atoms with van der Waals surface area (Å²) in [5, 5.41) is -0.0789. The van der Waals surface area contributed by atoms with Gasteiger partial charge in [-0.05, 0) is 42.8 Å². The molecule has 0 saturated carbocycles. The summed E-state index contributed by atoms with van der Waals surface area (Å²) in [4.78, 5) is 25.0. The van der Waals surface area contributed by atoms with E-state index in [0.29, 0.717) is 22.6 Å². The minimum Gasteiger partial charge on any atom is -0.462 e. The van der Waals surface area contributed by atoms with Gasteiger partial charge < -0.3 is 4.74 Å². The van der Waals surface area contributed by atoms with Crippen LogP contribution < -0.4 is 0 Å². The molecule has 0 saturated heterocycles. The molecule has 0 aliphatic rings. The van der Waals surface area contributed by atoms with Crippen molar-refractivity contribution in [2.75, 3.05) is 6.61 Å². The average Bonchev–Trinajstić information content (AvgIpc) is 2.56. The van der Waals surface area contributed by atoms with Crippen LogP contribution in [0.25, 0.3) is 0 Å². The lowest BCUT2D eigenvalue weighted by molar-refractivity contribution is 0.0522. The Hall–Kier alpha value is -2.07. The van der Waals surface area contributed by atoms with Crippen LogP contribution in [0.15, 0.2) is 53.4 Å². The summed E-state index contributed by atoms with van der Waals surface area (Å²) in [7, 11) is 0. The number of aryl methyl sites for hydroxylation is 1. The molecule has 4 heteroatoms. The molecule has 0 N–H and O–H groups in total. The molecule has 2 aromatic carbocycles. The largest absolute Gasteiger partial charge is 0.462 e. The maximum absolute atomic E-state index is 12.4. The van der Waals surface area contributed by atoms with E-state index in [1.54, 1.807) is 25.1 Å². The van der Waals surface area contributed by atoms with Crippen LogP contribution in [0.1, 0.15) is 46.5 Å². The van der Waals surface area contributed by atoms with Crippen LogP contribution >= 0.6 is 11.8 Å². The van der Waals surface area contributed by atoms with Crippen molar-refractivity contribution >= 4 is 22.8 Å². The van der Waals surface area contributed by atoms with Crippen molar-refractivity contribution in [1.29, 1.82) is 0 Å². The quantitative estimate of drug-likeness (QED) is 0.567. The Bertz CT molecular complexity index is 677. The molecular weight excluding hydrogens is 308 g/mol. The van der Waals surface area contributed by atoms with Gasteiger partial charge in [0.1, 0.15) is 0 Å². The molecule has 0 heterocycles. The number of thioether (sulfide) groups is 1. The third kappa shape index (κ3) is 4.70. The number of rotatable bonds is 6. The number of carbonyl (C=O) groups is 2. The monoisotopic (exact) mass is 328 g/mol. The van der Waals surface area contributed by atoms with Crippen LogP contribution in [0, 0.1) is 0 Å². The maximum atomic E-state index is 12.4. The number of esters is 1. The van der Waals surface area contributed by atoms with Gasteiger partial charge in [0.25, 0.3) is 0 Å². The third-order valence-corrected chi connectivity index (χ3v) is 4.31. The Labute approximate surface area is 141 Å². The van der Waals surface area contributed by atoms with Crippen molar-refractivity contribution < 1.29 is 14.3 Å². The summed E-state index contributed by atoms with van der Waals surface area (Å²) < 4.78 is 5.03. The molecular formula is C19H20O3S. The van der Waals surface area contributed by atoms with Crippen molar-refractivity contribution in [2.24, 2.45) is 0 Å². The zero-order chi connectivity index (χ0) is 16.7. The van der Waals surface area contributed by atoms with E-state index in [1.165, 1.54) is 5.56 Å². The lowest BCUT2D eigenvalue weighted by atomic mass is 10.1. The normalized spacial score (nSPS) is 10.3. The molecule has 0 bridgehead atoms. The highest BCUT2D eigenvalue weighted by Gasteiger charge is 2.16. The number of hydrogen-bond acceptors (Lipinski definition) is 4. The van der Waals surface area contributed by atoms with E-state index in [-0.39, 0.29) is 5.12 Å². The average molecular weight is 328 g/mol. The van der Waals surface area contributed by atoms with Gasteiger partial charge in [-0.3, -0.25) is 4.79 Å². The zero-order valence-corrected chi connectivity index (χ0v) is 14.2. The second-order valence-electron chi connectivity index (χ2n) is 5.05. The van der Waals surface area contributed by atoms with Crippen LogP contribution in [-0.2, 0) is 11.2 Å². The molecule has 120 valence electrons. The Morgan fingerprint density at radius 1 is 1.00 bits per heavy atom. The third-order valence-electron chi connectivity index (χ3n) is 3.31. The SMILES string of the molecule is CCCc1ccc(C(=O)Sc2ccccc2C(=O)OCC)cc1. The van der Waals surface area contributed by atoms with Gasteiger partial charge >= 0.3 is 5.97 Å². The number of hydrogen-bond donors (Lipinski definition) is 0. The number of benzene rings is 2. The van der Waals surface area contributed by atoms with Crippen molar-refractivity contribution in [1.82, 2.24) is 0 Å². The van der Waals surface area contributed by atoms with Gasteiger partial charge in [0.2, 0.25) is 5.12 Å². The predicted octanol–water partition coefficient (Wildman–Crippen LogP) is 4.75. The van der Waals surface area contributed by atoms with Gasteiger partial charge in [-0.2, -0.15) is 0 Å². The Morgan fingerprint density at radius 3 is 2.35 bits per heavy atom. The fraction of sp³-hybridized carbons (Fsp3) is 0.263. The molecule has 3 nitrogen and oxygen atoms in total. The van der Waals surface area contributed by atoms with Crippen molar-refractivity contribution in [3.05, 3.63) is 65.2 Å². The van der Waals surface area contributed by atoms with Gasteiger partial charge in [-0.25, -0.2) is 4.79 Å². The molecule has 0 atom stereocenters. The maximum Gasteiger partial charge on any atom is 0.339 e. The highest BCUT2D eigenvalue weighted by atomic mass is 32.2. The van der Waals surface area contributed by atoms with Gasteiger partial charge in [0.15, 0.2) is 0 Å². The fourth-order valence-corrected chi connectivity index (χ4v) is 3.05. The molecule has 0 aromatic heterocycles. The van der Waals surface area contributed by atoms with Crippen LogP contribution in [-0.4, -0.2) is 17.7 Å². The number of carbonyl (C=O) groups excluding carboxylic acids is 2. The zero-order valence-electron chi connectivity index (χ0n) is 13.4. The highest BCUT2D eigenvalue weighted by molar-refractivity contribution is 8.14. The first-order valence-electron chi connectivity index (χ1n) is 7.73. The summed E-state index contributed by atoms with van der Waals surface area (Å²) in [6.07, 6.45) is 2.09. The van der Waals surface area contributed by atoms with E-state index >= 15 is 0 Å². The summed E-state index contributed by atoms with van der Waals surface area (Å²) in [5.41, 5.74) is 2.28. The molecule has 0 unspecified atom stereocenters. The molecule has 23 heavy (non-hydrogen) atoms. The molecule has 0 aliphatic carbocycles. The topological polar surface area (TPSA) is 43.4 Å². The van der Waals surface area contributed by atoms with Gasteiger partial charge in [0, 0.05) is 10.5 Å². The summed E-state index contributed by atoms with van der Waals surface area (Å²) in [6, 6.07) is 14.7. The summed E-state index contributed by atoms with van der Waals surface area (Å²) in [5.74, 6) is -0.401. The number of ether oxygens (including phenoxy) is 1. The Kier molecular flexibility index (Phi) is 6.41. The van der Waals surface area contributed by atoms with Crippen molar-refractivity contribution in [2.45, 2.75) is 31.6 Å². The molecule has 0 fully saturated rings. The van der Waals surface area contributed by atoms with E-state index in [4.69, 9.17) is 4.74 Å². The van der Waals surface area contributed by atoms with Gasteiger partial charge in [-0.15, -0.1) is 0 Å². The van der Waals surface area contributed by atoms with E-state index in [0.717, 1.165) is 24.6 Å². The van der Waals surface area contributed by atoms with Gasteiger partial charge in [-0.1, -0.05) is 49.7 Å². The van der Waals surface area contributed by atoms with Gasteiger partial charge in [0.05, 0.1) is 12.2 Å². The van der Waals surface area contributed by atoms with Crippen LogP contribution in [0.4, 0.5) is 0 Å². The smallest absolute Gasteiger partial charge is 0.339 e. The summed E-state index contributed by atoms with van der Waals surface area (Å²) in [6.45, 7) is 4.20. The Morgan fingerprint density at radius 2 is 1.70 bits per heavy atom. The molecule has 0 amide bonds. The fourth-order valence-electron chi connectivity index (χ4n) is 2.19. The first-order valence-corrected chi connectivity index (χ1v) is 8.54. The molecule has 0 aliphatic heterocycles. The van der Waals surface area contributed by atoms with Crippen LogP contribution in [0.2, 0.25) is 0 Å². The molecule has 0 spiro atoms. The second kappa shape index (κ2) is 8.53. The highest BCUT2D eigenvalue weighted by Crippen LogP contribution is 2.27. The van der Waals surface area contributed by atoms with Crippen LogP contribution in [0.5, 0.6) is 0 Å². The summed E-state index contributed by atoms with van der Waals surface area (Å²) >= 11 is 1.06. The minimum atomic E-state index is -0.401. The van der Waals surface area contributed by atoms with Crippen molar-refractivity contribution in [3.8, 4) is 0 Å². The van der Waals surface area contributed by atoms with Crippen molar-refractivity contribution in [3.63, 3.8) is 0 Å². The lowest BCUT2D eigenvalue weighted by Crippen LogP contribution is -2.06. The first kappa shape index (κ1) is 17.3. The molecule has 2 rings (SSSR count). The lowest BCUT2D eigenvalue weighted by Gasteiger charge is -2.08. The van der Waals surface area contributed by atoms with E-state index in [2.05, 4.69) is 6.92 Å². The predicted molar refractivity (Wildman–Crippen MR) is 93.0 cm³/mol. The van der Waals surface area contributed by atoms with Crippen LogP contribution in [0.3, 0.4) is 0 Å².